The Balaban J connectivity index is 2.09. The van der Waals surface area contributed by atoms with Crippen LogP contribution in [-0.2, 0) is 4.74 Å². The van der Waals surface area contributed by atoms with E-state index < -0.39 is 0 Å². The van der Waals surface area contributed by atoms with Crippen LogP contribution in [0.3, 0.4) is 0 Å². The fraction of sp³-hybridized carbons (Fsp3) is 0.647. The van der Waals surface area contributed by atoms with E-state index in [0.717, 1.165) is 18.5 Å². The molecule has 2 atom stereocenters. The number of rotatable bonds is 5. The van der Waals surface area contributed by atoms with Crippen molar-refractivity contribution in [1.29, 1.82) is 0 Å². The fourth-order valence-electron chi connectivity index (χ4n) is 2.92. The number of methoxy groups -OCH3 is 1. The minimum absolute atomic E-state index is 0.180. The van der Waals surface area contributed by atoms with Crippen molar-refractivity contribution in [2.45, 2.75) is 57.7 Å². The normalized spacial score (nSPS) is 22.4. The number of ether oxygens (including phenoxy) is 1. The summed E-state index contributed by atoms with van der Waals surface area (Å²) in [4.78, 5) is 1.94. The van der Waals surface area contributed by atoms with Crippen molar-refractivity contribution in [2.24, 2.45) is 0 Å². The Hall–Kier alpha value is -1.29. The highest BCUT2D eigenvalue weighted by atomic mass is 19.1. The van der Waals surface area contributed by atoms with Gasteiger partial charge in [-0.3, -0.25) is 0 Å². The van der Waals surface area contributed by atoms with Crippen LogP contribution in [0, 0.1) is 5.82 Å². The zero-order valence-corrected chi connectivity index (χ0v) is 13.5. The molecule has 0 spiro atoms. The molecule has 2 unspecified atom stereocenters. The van der Waals surface area contributed by atoms with Gasteiger partial charge in [0.15, 0.2) is 0 Å². The monoisotopic (exact) mass is 294 g/mol. The molecule has 3 nitrogen and oxygen atoms in total. The molecule has 2 rings (SSSR count). The first-order valence-corrected chi connectivity index (χ1v) is 7.84. The van der Waals surface area contributed by atoms with Crippen LogP contribution in [0.15, 0.2) is 18.2 Å². The predicted molar refractivity (Wildman–Crippen MR) is 86.6 cm³/mol. The molecule has 1 N–H and O–H groups in total. The molecule has 21 heavy (non-hydrogen) atoms. The molecule has 0 aromatic heterocycles. The zero-order valence-electron chi connectivity index (χ0n) is 13.5. The van der Waals surface area contributed by atoms with Gasteiger partial charge in [0.2, 0.25) is 0 Å². The summed E-state index contributed by atoms with van der Waals surface area (Å²) >= 11 is 0. The summed E-state index contributed by atoms with van der Waals surface area (Å²) in [6, 6.07) is 5.95. The lowest BCUT2D eigenvalue weighted by Gasteiger charge is -2.32. The maximum atomic E-state index is 14.3. The van der Waals surface area contributed by atoms with Gasteiger partial charge < -0.3 is 15.0 Å². The van der Waals surface area contributed by atoms with E-state index in [0.29, 0.717) is 5.69 Å². The molecule has 4 heteroatoms. The maximum absolute atomic E-state index is 14.3. The first-order chi connectivity index (χ1) is 10.0. The summed E-state index contributed by atoms with van der Waals surface area (Å²) < 4.78 is 19.8. The lowest BCUT2D eigenvalue weighted by atomic mass is 9.92. The molecule has 1 aromatic rings. The van der Waals surface area contributed by atoms with Crippen LogP contribution >= 0.6 is 0 Å². The number of hydrogen-bond donors (Lipinski definition) is 1. The smallest absolute Gasteiger partial charge is 0.148 e. The van der Waals surface area contributed by atoms with E-state index in [4.69, 9.17) is 4.74 Å². The Kier molecular flexibility index (Phi) is 5.45. The highest BCUT2D eigenvalue weighted by Crippen LogP contribution is 2.27. The number of benzene rings is 1. The van der Waals surface area contributed by atoms with E-state index in [1.807, 2.05) is 24.1 Å². The standard InChI is InChI=1S/C17H27FN2O/c1-12(2)20(3)16-10-9-13(11-14(16)18)19-15-7-5-6-8-17(15)21-4/h9-12,15,17,19H,5-8H2,1-4H3. The van der Waals surface area contributed by atoms with Crippen LogP contribution in [0.1, 0.15) is 39.5 Å². The summed E-state index contributed by atoms with van der Waals surface area (Å²) in [6.45, 7) is 4.10. The van der Waals surface area contributed by atoms with Crippen LogP contribution < -0.4 is 10.2 Å². The number of nitrogens with zero attached hydrogens (tertiary/aromatic N) is 1. The third kappa shape index (κ3) is 3.88. The summed E-state index contributed by atoms with van der Waals surface area (Å²) in [7, 11) is 3.67. The summed E-state index contributed by atoms with van der Waals surface area (Å²) in [5, 5.41) is 3.43. The SMILES string of the molecule is COC1CCCCC1Nc1ccc(N(C)C(C)C)c(F)c1. The van der Waals surface area contributed by atoms with Crippen molar-refractivity contribution in [3.63, 3.8) is 0 Å². The van der Waals surface area contributed by atoms with Crippen LogP contribution in [0.4, 0.5) is 15.8 Å². The molecule has 0 heterocycles. The summed E-state index contributed by atoms with van der Waals surface area (Å²) in [5.74, 6) is -0.180. The van der Waals surface area contributed by atoms with E-state index >= 15 is 0 Å². The number of anilines is 2. The minimum atomic E-state index is -0.180. The summed E-state index contributed by atoms with van der Waals surface area (Å²) in [5.41, 5.74) is 1.48. The number of nitrogens with one attached hydrogen (secondary N) is 1. The molecule has 0 aliphatic heterocycles. The Morgan fingerprint density at radius 1 is 1.29 bits per heavy atom. The van der Waals surface area contributed by atoms with Gasteiger partial charge in [-0.1, -0.05) is 12.8 Å². The van der Waals surface area contributed by atoms with E-state index in [1.165, 1.54) is 12.8 Å². The largest absolute Gasteiger partial charge is 0.380 e. The van der Waals surface area contributed by atoms with Crippen molar-refractivity contribution in [3.05, 3.63) is 24.0 Å². The van der Waals surface area contributed by atoms with Gasteiger partial charge in [-0.15, -0.1) is 0 Å². The van der Waals surface area contributed by atoms with Crippen molar-refractivity contribution in [1.82, 2.24) is 0 Å². The molecular weight excluding hydrogens is 267 g/mol. The molecule has 0 saturated heterocycles. The quantitative estimate of drug-likeness (QED) is 0.887. The average Bonchev–Trinajstić information content (AvgIpc) is 2.47. The van der Waals surface area contributed by atoms with Crippen LogP contribution in [0.25, 0.3) is 0 Å². The second kappa shape index (κ2) is 7.12. The van der Waals surface area contributed by atoms with Gasteiger partial charge in [-0.2, -0.15) is 0 Å². The van der Waals surface area contributed by atoms with Crippen LogP contribution in [0.2, 0.25) is 0 Å². The molecule has 1 saturated carbocycles. The van der Waals surface area contributed by atoms with Gasteiger partial charge in [0.05, 0.1) is 17.8 Å². The first-order valence-electron chi connectivity index (χ1n) is 7.84. The van der Waals surface area contributed by atoms with E-state index in [1.54, 1.807) is 13.2 Å². The lowest BCUT2D eigenvalue weighted by molar-refractivity contribution is 0.0606. The third-order valence-corrected chi connectivity index (χ3v) is 4.46. The molecule has 118 valence electrons. The van der Waals surface area contributed by atoms with E-state index in [9.17, 15) is 4.39 Å². The second-order valence-electron chi connectivity index (χ2n) is 6.18. The molecule has 1 aromatic carbocycles. The van der Waals surface area contributed by atoms with Crippen molar-refractivity contribution < 1.29 is 9.13 Å². The minimum Gasteiger partial charge on any atom is -0.380 e. The average molecular weight is 294 g/mol. The second-order valence-corrected chi connectivity index (χ2v) is 6.18. The first kappa shape index (κ1) is 16.1. The van der Waals surface area contributed by atoms with Crippen molar-refractivity contribution >= 4 is 11.4 Å². The Morgan fingerprint density at radius 3 is 2.62 bits per heavy atom. The molecule has 0 bridgehead atoms. The van der Waals surface area contributed by atoms with Gasteiger partial charge in [0.25, 0.3) is 0 Å². The van der Waals surface area contributed by atoms with Gasteiger partial charge in [-0.25, -0.2) is 4.39 Å². The lowest BCUT2D eigenvalue weighted by Crippen LogP contribution is -2.37. The van der Waals surface area contributed by atoms with E-state index in [2.05, 4.69) is 19.2 Å². The molecule has 1 aliphatic rings. The fourth-order valence-corrected chi connectivity index (χ4v) is 2.92. The maximum Gasteiger partial charge on any atom is 0.148 e. The summed E-state index contributed by atoms with van der Waals surface area (Å²) in [6.07, 6.45) is 4.79. The van der Waals surface area contributed by atoms with Crippen LogP contribution in [0.5, 0.6) is 0 Å². The van der Waals surface area contributed by atoms with Gasteiger partial charge in [-0.05, 0) is 44.9 Å². The molecular formula is C17H27FN2O. The number of hydrogen-bond acceptors (Lipinski definition) is 3. The van der Waals surface area contributed by atoms with Crippen molar-refractivity contribution in [2.75, 3.05) is 24.4 Å². The Bertz CT molecular complexity index is 464. The molecule has 1 aliphatic carbocycles. The molecule has 1 fully saturated rings. The highest BCUT2D eigenvalue weighted by molar-refractivity contribution is 5.56. The molecule has 0 amide bonds. The molecule has 0 radical (unpaired) electrons. The predicted octanol–water partition coefficient (Wildman–Crippen LogP) is 4.04. The number of halogens is 1. The van der Waals surface area contributed by atoms with E-state index in [-0.39, 0.29) is 24.0 Å². The van der Waals surface area contributed by atoms with Gasteiger partial charge in [0, 0.05) is 25.9 Å². The Morgan fingerprint density at radius 2 is 2.00 bits per heavy atom. The van der Waals surface area contributed by atoms with Crippen molar-refractivity contribution in [3.8, 4) is 0 Å². The van der Waals surface area contributed by atoms with Gasteiger partial charge in [0.1, 0.15) is 5.82 Å². The van der Waals surface area contributed by atoms with Crippen LogP contribution in [-0.4, -0.2) is 32.3 Å². The topological polar surface area (TPSA) is 24.5 Å². The third-order valence-electron chi connectivity index (χ3n) is 4.46. The van der Waals surface area contributed by atoms with Gasteiger partial charge >= 0.3 is 0 Å². The Labute approximate surface area is 127 Å². The highest BCUT2D eigenvalue weighted by Gasteiger charge is 2.25. The zero-order chi connectivity index (χ0) is 15.4.